The van der Waals surface area contributed by atoms with Crippen LogP contribution in [0.1, 0.15) is 6.42 Å². The van der Waals surface area contributed by atoms with Gasteiger partial charge in [-0.05, 0) is 6.42 Å². The van der Waals surface area contributed by atoms with Gasteiger partial charge in [0.25, 0.3) is 10.2 Å². The summed E-state index contributed by atoms with van der Waals surface area (Å²) in [5.74, 6) is 1.11. The predicted octanol–water partition coefficient (Wildman–Crippen LogP) is -0.198. The lowest BCUT2D eigenvalue weighted by Crippen LogP contribution is -2.39. The fourth-order valence-corrected chi connectivity index (χ4v) is 3.17. The molecule has 1 saturated heterocycles. The lowest BCUT2D eigenvalue weighted by Gasteiger charge is -2.21. The fraction of sp³-hybridized carbons (Fsp3) is 0.667. The first-order valence-electron chi connectivity index (χ1n) is 6.64. The Hall–Kier alpha value is -1.45. The average Bonchev–Trinajstić information content (AvgIpc) is 2.88. The van der Waals surface area contributed by atoms with E-state index in [2.05, 4.69) is 9.97 Å². The normalized spacial score (nSPS) is 20.0. The van der Waals surface area contributed by atoms with E-state index in [9.17, 15) is 8.42 Å². The molecule has 0 radical (unpaired) electrons. The SMILES string of the molecule is CN(C)c1cncc(OC2CCN(S(=O)(=O)N(C)C)C2)n1. The van der Waals surface area contributed by atoms with Gasteiger partial charge in [0.15, 0.2) is 5.82 Å². The van der Waals surface area contributed by atoms with Gasteiger partial charge >= 0.3 is 0 Å². The lowest BCUT2D eigenvalue weighted by molar-refractivity contribution is 0.205. The zero-order valence-electron chi connectivity index (χ0n) is 12.7. The number of nitrogens with zero attached hydrogens (tertiary/aromatic N) is 5. The molecular weight excluding hydrogens is 294 g/mol. The van der Waals surface area contributed by atoms with E-state index in [-0.39, 0.29) is 6.10 Å². The molecule has 2 heterocycles. The molecule has 1 aliphatic heterocycles. The zero-order valence-corrected chi connectivity index (χ0v) is 13.5. The molecule has 0 N–H and O–H groups in total. The van der Waals surface area contributed by atoms with Gasteiger partial charge in [-0.3, -0.25) is 4.98 Å². The van der Waals surface area contributed by atoms with E-state index in [1.54, 1.807) is 6.20 Å². The molecule has 9 heteroatoms. The lowest BCUT2D eigenvalue weighted by atomic mass is 10.3. The Kier molecular flexibility index (Phi) is 4.64. The number of anilines is 1. The third-order valence-corrected chi connectivity index (χ3v) is 5.15. The van der Waals surface area contributed by atoms with Crippen molar-refractivity contribution in [1.29, 1.82) is 0 Å². The second-order valence-corrected chi connectivity index (χ2v) is 7.43. The highest BCUT2D eigenvalue weighted by Crippen LogP contribution is 2.20. The summed E-state index contributed by atoms with van der Waals surface area (Å²) in [6.07, 6.45) is 3.62. The van der Waals surface area contributed by atoms with Gasteiger partial charge in [0.1, 0.15) is 6.10 Å². The van der Waals surface area contributed by atoms with Crippen LogP contribution in [0.15, 0.2) is 12.4 Å². The van der Waals surface area contributed by atoms with Gasteiger partial charge in [0.2, 0.25) is 5.88 Å². The maximum atomic E-state index is 12.0. The van der Waals surface area contributed by atoms with Gasteiger partial charge in [0, 0.05) is 34.7 Å². The molecule has 0 spiro atoms. The number of ether oxygens (including phenoxy) is 1. The van der Waals surface area contributed by atoms with E-state index in [1.165, 1.54) is 28.9 Å². The van der Waals surface area contributed by atoms with E-state index in [1.807, 2.05) is 19.0 Å². The third-order valence-electron chi connectivity index (χ3n) is 3.24. The minimum atomic E-state index is -3.38. The molecule has 1 unspecified atom stereocenters. The monoisotopic (exact) mass is 315 g/mol. The van der Waals surface area contributed by atoms with Crippen LogP contribution in [0, 0.1) is 0 Å². The molecular formula is C12H21N5O3S. The topological polar surface area (TPSA) is 78.9 Å². The van der Waals surface area contributed by atoms with Gasteiger partial charge in [-0.15, -0.1) is 0 Å². The van der Waals surface area contributed by atoms with Crippen molar-refractivity contribution < 1.29 is 13.2 Å². The molecule has 1 aliphatic rings. The van der Waals surface area contributed by atoms with Crippen molar-refractivity contribution in [3.63, 3.8) is 0 Å². The number of rotatable bonds is 5. The maximum Gasteiger partial charge on any atom is 0.281 e. The summed E-state index contributed by atoms with van der Waals surface area (Å²) in [7, 11) is 3.41. The minimum Gasteiger partial charge on any atom is -0.472 e. The van der Waals surface area contributed by atoms with Crippen molar-refractivity contribution in [1.82, 2.24) is 18.6 Å². The highest BCUT2D eigenvalue weighted by Gasteiger charge is 2.34. The van der Waals surface area contributed by atoms with Crippen LogP contribution in [0.2, 0.25) is 0 Å². The number of hydrogen-bond acceptors (Lipinski definition) is 6. The molecule has 21 heavy (non-hydrogen) atoms. The van der Waals surface area contributed by atoms with Gasteiger partial charge < -0.3 is 9.64 Å². The second kappa shape index (κ2) is 6.12. The summed E-state index contributed by atoms with van der Waals surface area (Å²) in [4.78, 5) is 10.2. The Morgan fingerprint density at radius 3 is 2.62 bits per heavy atom. The van der Waals surface area contributed by atoms with Gasteiger partial charge in [-0.2, -0.15) is 22.0 Å². The maximum absolute atomic E-state index is 12.0. The van der Waals surface area contributed by atoms with Crippen molar-refractivity contribution in [2.24, 2.45) is 0 Å². The molecule has 2 rings (SSSR count). The van der Waals surface area contributed by atoms with Crippen molar-refractivity contribution in [2.75, 3.05) is 46.2 Å². The van der Waals surface area contributed by atoms with Crippen molar-refractivity contribution in [3.05, 3.63) is 12.4 Å². The van der Waals surface area contributed by atoms with Gasteiger partial charge in [-0.25, -0.2) is 0 Å². The molecule has 8 nitrogen and oxygen atoms in total. The predicted molar refractivity (Wildman–Crippen MR) is 79.6 cm³/mol. The minimum absolute atomic E-state index is 0.202. The third kappa shape index (κ3) is 3.60. The smallest absolute Gasteiger partial charge is 0.281 e. The van der Waals surface area contributed by atoms with Crippen LogP contribution < -0.4 is 9.64 Å². The summed E-state index contributed by atoms with van der Waals surface area (Å²) in [6.45, 7) is 0.778. The number of hydrogen-bond donors (Lipinski definition) is 0. The van der Waals surface area contributed by atoms with Gasteiger partial charge in [0.05, 0.1) is 18.9 Å². The Labute approximate surface area is 125 Å². The van der Waals surface area contributed by atoms with Crippen LogP contribution in [0.4, 0.5) is 5.82 Å². The van der Waals surface area contributed by atoms with Gasteiger partial charge in [-0.1, -0.05) is 0 Å². The van der Waals surface area contributed by atoms with Crippen molar-refractivity contribution in [2.45, 2.75) is 12.5 Å². The van der Waals surface area contributed by atoms with Crippen molar-refractivity contribution >= 4 is 16.0 Å². The summed E-state index contributed by atoms with van der Waals surface area (Å²) in [5.41, 5.74) is 0. The Morgan fingerprint density at radius 2 is 2.00 bits per heavy atom. The first-order chi connectivity index (χ1) is 9.80. The average molecular weight is 315 g/mol. The molecule has 0 aliphatic carbocycles. The first kappa shape index (κ1) is 15.9. The molecule has 1 fully saturated rings. The van der Waals surface area contributed by atoms with E-state index in [4.69, 9.17) is 4.74 Å². The zero-order chi connectivity index (χ0) is 15.6. The molecule has 0 bridgehead atoms. The quantitative estimate of drug-likeness (QED) is 0.749. The summed E-state index contributed by atoms with van der Waals surface area (Å²) in [5, 5.41) is 0. The van der Waals surface area contributed by atoms with E-state index < -0.39 is 10.2 Å². The van der Waals surface area contributed by atoms with Crippen LogP contribution in [-0.2, 0) is 10.2 Å². The number of aromatic nitrogens is 2. The second-order valence-electron chi connectivity index (χ2n) is 5.29. The summed E-state index contributed by atoms with van der Waals surface area (Å²) >= 11 is 0. The Balaban J connectivity index is 2.02. The summed E-state index contributed by atoms with van der Waals surface area (Å²) in [6, 6.07) is 0. The van der Waals surface area contributed by atoms with Crippen LogP contribution in [-0.4, -0.2) is 74.4 Å². The largest absolute Gasteiger partial charge is 0.472 e. The molecule has 118 valence electrons. The molecule has 0 aromatic carbocycles. The molecule has 1 aromatic rings. The van der Waals surface area contributed by atoms with Crippen LogP contribution in [0.5, 0.6) is 5.88 Å². The van der Waals surface area contributed by atoms with Crippen molar-refractivity contribution in [3.8, 4) is 5.88 Å². The Morgan fingerprint density at radius 1 is 1.29 bits per heavy atom. The van der Waals surface area contributed by atoms with Crippen LogP contribution >= 0.6 is 0 Å². The van der Waals surface area contributed by atoms with E-state index in [0.29, 0.717) is 31.2 Å². The fourth-order valence-electron chi connectivity index (χ4n) is 2.02. The Bertz CT molecular complexity index is 590. The molecule has 1 aromatic heterocycles. The standard InChI is InChI=1S/C12H21N5O3S/c1-15(2)11-7-13-8-12(14-11)20-10-5-6-17(9-10)21(18,19)16(3)4/h7-8,10H,5-6,9H2,1-4H3. The highest BCUT2D eigenvalue weighted by atomic mass is 32.2. The van der Waals surface area contributed by atoms with Crippen LogP contribution in [0.25, 0.3) is 0 Å². The van der Waals surface area contributed by atoms with Crippen LogP contribution in [0.3, 0.4) is 0 Å². The molecule has 0 amide bonds. The van der Waals surface area contributed by atoms with E-state index in [0.717, 1.165) is 0 Å². The summed E-state index contributed by atoms with van der Waals surface area (Å²) < 4.78 is 32.4. The highest BCUT2D eigenvalue weighted by molar-refractivity contribution is 7.86. The molecule has 0 saturated carbocycles. The first-order valence-corrected chi connectivity index (χ1v) is 8.04. The molecule has 1 atom stereocenters. The van der Waals surface area contributed by atoms with E-state index >= 15 is 0 Å².